The number of anilines is 2. The van der Waals surface area contributed by atoms with Gasteiger partial charge in [0, 0.05) is 43.8 Å². The number of piperazine rings is 1. The molecule has 1 saturated heterocycles. The number of hydrogen-bond acceptors (Lipinski definition) is 4. The molecule has 2 amide bonds. The highest BCUT2D eigenvalue weighted by molar-refractivity contribution is 6.12. The molecule has 0 saturated carbocycles. The number of nitrogens with one attached hydrogen (secondary N) is 1. The summed E-state index contributed by atoms with van der Waals surface area (Å²) in [7, 11) is 0. The van der Waals surface area contributed by atoms with E-state index in [4.69, 9.17) is 0 Å². The van der Waals surface area contributed by atoms with Crippen molar-refractivity contribution in [3.05, 3.63) is 53.8 Å². The van der Waals surface area contributed by atoms with Gasteiger partial charge in [0.25, 0.3) is 0 Å². The Morgan fingerprint density at radius 1 is 1.07 bits per heavy atom. The van der Waals surface area contributed by atoms with Crippen LogP contribution < -0.4 is 10.2 Å². The quantitative estimate of drug-likeness (QED) is 0.668. The smallest absolute Gasteiger partial charge is 0.237 e. The first-order chi connectivity index (χ1) is 13.1. The van der Waals surface area contributed by atoms with Crippen LogP contribution in [0.4, 0.5) is 21.5 Å². The van der Waals surface area contributed by atoms with Gasteiger partial charge in [0.2, 0.25) is 12.3 Å². The molecule has 0 bridgehead atoms. The van der Waals surface area contributed by atoms with E-state index in [1.54, 1.807) is 17.2 Å². The molecule has 1 unspecified atom stereocenters. The van der Waals surface area contributed by atoms with Gasteiger partial charge >= 0.3 is 0 Å². The van der Waals surface area contributed by atoms with Crippen molar-refractivity contribution in [3.8, 4) is 0 Å². The molecule has 6 nitrogen and oxygen atoms in total. The first-order valence-electron chi connectivity index (χ1n) is 8.83. The fourth-order valence-electron chi connectivity index (χ4n) is 3.40. The number of carbonyl (C=O) groups excluding carboxylic acids is 2. The summed E-state index contributed by atoms with van der Waals surface area (Å²) in [5.74, 6) is -1.10. The largest absolute Gasteiger partial charge is 0.368 e. The molecule has 4 rings (SSSR count). The molecule has 138 valence electrons. The lowest BCUT2D eigenvalue weighted by Crippen LogP contribution is -2.45. The molecule has 0 radical (unpaired) electrons. The number of aliphatic imine (C=N–C) groups is 1. The summed E-state index contributed by atoms with van der Waals surface area (Å²) in [6, 6.07) is 12.1. The van der Waals surface area contributed by atoms with E-state index in [1.807, 2.05) is 24.3 Å². The Morgan fingerprint density at radius 3 is 2.52 bits per heavy atom. The Bertz CT molecular complexity index is 889. The first-order valence-corrected chi connectivity index (χ1v) is 8.83. The molecule has 1 N–H and O–H groups in total. The summed E-state index contributed by atoms with van der Waals surface area (Å²) in [4.78, 5) is 31.3. The highest BCUT2D eigenvalue weighted by Gasteiger charge is 2.29. The maximum atomic E-state index is 13.3. The first kappa shape index (κ1) is 17.2. The second-order valence-corrected chi connectivity index (χ2v) is 6.62. The summed E-state index contributed by atoms with van der Waals surface area (Å²) >= 11 is 0. The highest BCUT2D eigenvalue weighted by Crippen LogP contribution is 2.32. The van der Waals surface area contributed by atoms with E-state index in [1.165, 1.54) is 12.1 Å². The van der Waals surface area contributed by atoms with Crippen molar-refractivity contribution in [1.29, 1.82) is 0 Å². The minimum atomic E-state index is -0.517. The van der Waals surface area contributed by atoms with Crippen LogP contribution in [0.1, 0.15) is 11.5 Å². The topological polar surface area (TPSA) is 65.0 Å². The molecule has 0 spiro atoms. The number of rotatable bonds is 4. The van der Waals surface area contributed by atoms with Gasteiger partial charge in [-0.3, -0.25) is 14.6 Å². The average molecular weight is 366 g/mol. The zero-order valence-electron chi connectivity index (χ0n) is 14.6. The van der Waals surface area contributed by atoms with Gasteiger partial charge < -0.3 is 15.1 Å². The van der Waals surface area contributed by atoms with Gasteiger partial charge in [0.05, 0.1) is 5.69 Å². The van der Waals surface area contributed by atoms with Crippen LogP contribution in [0.25, 0.3) is 0 Å². The molecule has 2 aliphatic rings. The SMILES string of the molecule is O=CN1CCN(c2ccc(N=CC3C(=O)Nc4cc(F)ccc43)cc2)CC1. The van der Waals surface area contributed by atoms with E-state index in [0.717, 1.165) is 49.5 Å². The van der Waals surface area contributed by atoms with Crippen molar-refractivity contribution >= 4 is 35.6 Å². The summed E-state index contributed by atoms with van der Waals surface area (Å²) < 4.78 is 13.3. The number of halogens is 1. The molecule has 7 heteroatoms. The normalized spacial score (nSPS) is 19.3. The van der Waals surface area contributed by atoms with E-state index >= 15 is 0 Å². The van der Waals surface area contributed by atoms with Crippen molar-refractivity contribution in [1.82, 2.24) is 4.90 Å². The molecule has 1 fully saturated rings. The predicted molar refractivity (Wildman–Crippen MR) is 102 cm³/mol. The third-order valence-electron chi connectivity index (χ3n) is 4.94. The van der Waals surface area contributed by atoms with Gasteiger partial charge in [0.15, 0.2) is 0 Å². The molecule has 27 heavy (non-hydrogen) atoms. The van der Waals surface area contributed by atoms with Crippen molar-refractivity contribution < 1.29 is 14.0 Å². The zero-order valence-corrected chi connectivity index (χ0v) is 14.6. The van der Waals surface area contributed by atoms with Crippen LogP contribution in [0, 0.1) is 5.82 Å². The third kappa shape index (κ3) is 3.53. The lowest BCUT2D eigenvalue weighted by molar-refractivity contribution is -0.118. The zero-order chi connectivity index (χ0) is 18.8. The molecular weight excluding hydrogens is 347 g/mol. The highest BCUT2D eigenvalue weighted by atomic mass is 19.1. The van der Waals surface area contributed by atoms with Crippen LogP contribution in [-0.2, 0) is 9.59 Å². The Kier molecular flexibility index (Phi) is 4.58. The van der Waals surface area contributed by atoms with Gasteiger partial charge in [-0.2, -0.15) is 0 Å². The van der Waals surface area contributed by atoms with Crippen molar-refractivity contribution in [3.63, 3.8) is 0 Å². The summed E-state index contributed by atoms with van der Waals surface area (Å²) in [5, 5.41) is 2.68. The Morgan fingerprint density at radius 2 is 1.81 bits per heavy atom. The van der Waals surface area contributed by atoms with Gasteiger partial charge in [-0.1, -0.05) is 6.07 Å². The Balaban J connectivity index is 1.45. The molecule has 2 heterocycles. The second-order valence-electron chi connectivity index (χ2n) is 6.62. The van der Waals surface area contributed by atoms with Gasteiger partial charge in [0.1, 0.15) is 11.7 Å². The minimum Gasteiger partial charge on any atom is -0.368 e. The minimum absolute atomic E-state index is 0.205. The van der Waals surface area contributed by atoms with Crippen LogP contribution in [-0.4, -0.2) is 49.6 Å². The Hall–Kier alpha value is -3.22. The molecule has 0 aromatic heterocycles. The lowest BCUT2D eigenvalue weighted by atomic mass is 10.0. The predicted octanol–water partition coefficient (Wildman–Crippen LogP) is 2.54. The summed E-state index contributed by atoms with van der Waals surface area (Å²) in [6.07, 6.45) is 2.48. The van der Waals surface area contributed by atoms with E-state index in [9.17, 15) is 14.0 Å². The average Bonchev–Trinajstić information content (AvgIpc) is 3.01. The van der Waals surface area contributed by atoms with Crippen LogP contribution in [0.5, 0.6) is 0 Å². The maximum Gasteiger partial charge on any atom is 0.237 e. The van der Waals surface area contributed by atoms with Gasteiger partial charge in [-0.15, -0.1) is 0 Å². The fraction of sp³-hybridized carbons (Fsp3) is 0.250. The molecule has 2 aromatic carbocycles. The monoisotopic (exact) mass is 366 g/mol. The van der Waals surface area contributed by atoms with Gasteiger partial charge in [-0.25, -0.2) is 4.39 Å². The van der Waals surface area contributed by atoms with E-state index in [-0.39, 0.29) is 11.7 Å². The standard InChI is InChI=1S/C20H19FN4O2/c21-14-1-6-17-18(20(27)23-19(17)11-14)12-22-15-2-4-16(5-3-15)25-9-7-24(13-26)8-10-25/h1-6,11-13,18H,7-10H2,(H,23,27). The van der Waals surface area contributed by atoms with Crippen LogP contribution >= 0.6 is 0 Å². The van der Waals surface area contributed by atoms with Crippen molar-refractivity contribution in [2.75, 3.05) is 36.4 Å². The molecule has 1 atom stereocenters. The number of carbonyl (C=O) groups is 2. The van der Waals surface area contributed by atoms with Gasteiger partial charge in [-0.05, 0) is 42.0 Å². The number of nitrogens with zero attached hydrogens (tertiary/aromatic N) is 3. The second kappa shape index (κ2) is 7.19. The molecule has 0 aliphatic carbocycles. The van der Waals surface area contributed by atoms with E-state index < -0.39 is 5.92 Å². The molecular formula is C20H19FN4O2. The molecule has 2 aliphatic heterocycles. The van der Waals surface area contributed by atoms with E-state index in [2.05, 4.69) is 15.2 Å². The van der Waals surface area contributed by atoms with Crippen LogP contribution in [0.15, 0.2) is 47.5 Å². The van der Waals surface area contributed by atoms with Crippen molar-refractivity contribution in [2.24, 2.45) is 4.99 Å². The number of hydrogen-bond donors (Lipinski definition) is 1. The maximum absolute atomic E-state index is 13.3. The Labute approximate surface area is 156 Å². The third-order valence-corrected chi connectivity index (χ3v) is 4.94. The number of benzene rings is 2. The lowest BCUT2D eigenvalue weighted by Gasteiger charge is -2.34. The van der Waals surface area contributed by atoms with Crippen LogP contribution in [0.3, 0.4) is 0 Å². The molecule has 2 aromatic rings. The van der Waals surface area contributed by atoms with E-state index in [0.29, 0.717) is 5.69 Å². The summed E-state index contributed by atoms with van der Waals surface area (Å²) in [5.41, 5.74) is 3.06. The summed E-state index contributed by atoms with van der Waals surface area (Å²) in [6.45, 7) is 3.05. The number of fused-ring (bicyclic) bond motifs is 1. The fourth-order valence-corrected chi connectivity index (χ4v) is 3.40. The van der Waals surface area contributed by atoms with Crippen LogP contribution in [0.2, 0.25) is 0 Å². The van der Waals surface area contributed by atoms with Crippen molar-refractivity contribution in [2.45, 2.75) is 5.92 Å². The number of amides is 2.